The second kappa shape index (κ2) is 8.30. The summed E-state index contributed by atoms with van der Waals surface area (Å²) in [4.78, 5) is 15.1. The predicted octanol–water partition coefficient (Wildman–Crippen LogP) is 6.75. The van der Waals surface area contributed by atoms with Gasteiger partial charge in [-0.3, -0.25) is 9.69 Å². The van der Waals surface area contributed by atoms with Gasteiger partial charge in [0.2, 0.25) is 0 Å². The second-order valence-electron chi connectivity index (χ2n) is 7.72. The summed E-state index contributed by atoms with van der Waals surface area (Å²) in [5, 5.41) is 3.32. The summed E-state index contributed by atoms with van der Waals surface area (Å²) in [6.07, 6.45) is -5.22. The van der Waals surface area contributed by atoms with E-state index in [0.29, 0.717) is 28.4 Å². The predicted molar refractivity (Wildman–Crippen MR) is 122 cm³/mol. The van der Waals surface area contributed by atoms with Gasteiger partial charge in [-0.1, -0.05) is 36.4 Å². The minimum absolute atomic E-state index is 0.259. The molecule has 172 valence electrons. The normalized spacial score (nSPS) is 15.6. The van der Waals surface area contributed by atoms with E-state index in [2.05, 4.69) is 5.32 Å². The Balaban J connectivity index is 1.59. The van der Waals surface area contributed by atoms with Crippen LogP contribution in [0.2, 0.25) is 0 Å². The van der Waals surface area contributed by atoms with Crippen LogP contribution >= 0.6 is 0 Å². The molecule has 1 aliphatic rings. The Hall–Kier alpha value is -4.20. The smallest absolute Gasteiger partial charge is 0.416 e. The fourth-order valence-electron chi connectivity index (χ4n) is 4.03. The monoisotopic (exact) mass is 464 g/mol. The van der Waals surface area contributed by atoms with Crippen LogP contribution in [-0.2, 0) is 6.18 Å². The highest BCUT2D eigenvalue weighted by atomic mass is 19.4. The van der Waals surface area contributed by atoms with Gasteiger partial charge in [0.1, 0.15) is 17.3 Å². The topological polar surface area (TPSA) is 54.7 Å². The molecule has 0 saturated carbocycles. The molecule has 0 saturated heterocycles. The lowest BCUT2D eigenvalue weighted by molar-refractivity contribution is -0.137. The van der Waals surface area contributed by atoms with Crippen LogP contribution in [0.4, 0.5) is 24.5 Å². The first-order chi connectivity index (χ1) is 16.4. The maximum absolute atomic E-state index is 13.6. The summed E-state index contributed by atoms with van der Waals surface area (Å²) >= 11 is 0. The van der Waals surface area contributed by atoms with E-state index in [-0.39, 0.29) is 17.2 Å². The van der Waals surface area contributed by atoms with Crippen molar-refractivity contribution in [2.75, 3.05) is 17.3 Å². The Morgan fingerprint density at radius 2 is 1.71 bits per heavy atom. The van der Waals surface area contributed by atoms with Gasteiger partial charge in [-0.25, -0.2) is 0 Å². The van der Waals surface area contributed by atoms with Crippen LogP contribution in [0.1, 0.15) is 27.8 Å². The van der Waals surface area contributed by atoms with Crippen molar-refractivity contribution in [2.45, 2.75) is 12.3 Å². The highest BCUT2D eigenvalue weighted by molar-refractivity contribution is 6.12. The average Bonchev–Trinajstić information content (AvgIpc) is 3.34. The number of furan rings is 1. The third-order valence-corrected chi connectivity index (χ3v) is 5.64. The average molecular weight is 464 g/mol. The molecule has 0 radical (unpaired) electrons. The molecule has 4 aromatic rings. The highest BCUT2D eigenvalue weighted by Gasteiger charge is 2.37. The second-order valence-corrected chi connectivity index (χ2v) is 7.72. The Morgan fingerprint density at radius 3 is 2.50 bits per heavy atom. The fraction of sp³-hybridized carbons (Fsp3) is 0.115. The Morgan fingerprint density at radius 1 is 0.941 bits per heavy atom. The lowest BCUT2D eigenvalue weighted by Gasteiger charge is -2.37. The number of nitrogens with zero attached hydrogens (tertiary/aromatic N) is 1. The van der Waals surface area contributed by atoms with Gasteiger partial charge in [-0.05, 0) is 48.5 Å². The molecule has 0 aliphatic carbocycles. The van der Waals surface area contributed by atoms with Gasteiger partial charge in [-0.15, -0.1) is 0 Å². The molecular formula is C26H19F3N2O3. The first kappa shape index (κ1) is 21.6. The maximum Gasteiger partial charge on any atom is 0.416 e. The van der Waals surface area contributed by atoms with Crippen molar-refractivity contribution in [3.8, 4) is 17.1 Å². The lowest BCUT2D eigenvalue weighted by Crippen LogP contribution is -2.43. The molecule has 5 nitrogen and oxygen atoms in total. The number of carbonyl (C=O) groups excluding carboxylic acids is 1. The number of nitrogens with one attached hydrogen (secondary N) is 1. The van der Waals surface area contributed by atoms with E-state index >= 15 is 0 Å². The van der Waals surface area contributed by atoms with Crippen molar-refractivity contribution >= 4 is 17.3 Å². The number of carbonyl (C=O) groups is 1. The number of hydrogen-bond acceptors (Lipinski definition) is 4. The number of amides is 1. The molecule has 1 atom stereocenters. The molecule has 3 aromatic carbocycles. The van der Waals surface area contributed by atoms with E-state index in [1.165, 1.54) is 18.1 Å². The van der Waals surface area contributed by atoms with Gasteiger partial charge in [-0.2, -0.15) is 13.2 Å². The number of hydrogen-bond donors (Lipinski definition) is 1. The van der Waals surface area contributed by atoms with Crippen LogP contribution in [0.15, 0.2) is 89.3 Å². The minimum Gasteiger partial charge on any atom is -0.495 e. The Kier molecular flexibility index (Phi) is 5.28. The summed E-state index contributed by atoms with van der Waals surface area (Å²) < 4.78 is 51.0. The number of halogens is 3. The molecule has 1 aromatic heterocycles. The van der Waals surface area contributed by atoms with Crippen molar-refractivity contribution in [3.05, 3.63) is 102 Å². The number of rotatable bonds is 4. The van der Waals surface area contributed by atoms with Crippen molar-refractivity contribution in [2.24, 2.45) is 0 Å². The third-order valence-electron chi connectivity index (χ3n) is 5.64. The summed E-state index contributed by atoms with van der Waals surface area (Å²) in [7, 11) is 1.52. The molecule has 2 heterocycles. The van der Waals surface area contributed by atoms with Gasteiger partial charge >= 0.3 is 6.18 Å². The van der Waals surface area contributed by atoms with E-state index < -0.39 is 17.9 Å². The van der Waals surface area contributed by atoms with Gasteiger partial charge in [0.05, 0.1) is 23.9 Å². The van der Waals surface area contributed by atoms with Crippen molar-refractivity contribution < 1.29 is 27.1 Å². The lowest BCUT2D eigenvalue weighted by atomic mass is 10.1. The quantitative estimate of drug-likeness (QED) is 0.363. The summed E-state index contributed by atoms with van der Waals surface area (Å²) in [5.74, 6) is 0.850. The van der Waals surface area contributed by atoms with E-state index in [4.69, 9.17) is 9.15 Å². The van der Waals surface area contributed by atoms with E-state index in [1.54, 1.807) is 60.7 Å². The summed E-state index contributed by atoms with van der Waals surface area (Å²) in [5.41, 5.74) is 1.15. The zero-order valence-electron chi connectivity index (χ0n) is 18.0. The summed E-state index contributed by atoms with van der Waals surface area (Å²) in [6.45, 7) is 0. The SMILES string of the molecule is COc1ccccc1N1C(=O)c2ccccc2NC1c1ccc(-c2cccc(C(F)(F)F)c2)o1. The van der Waals surface area contributed by atoms with Gasteiger partial charge < -0.3 is 14.5 Å². The number of alkyl halides is 3. The third kappa shape index (κ3) is 3.77. The number of methoxy groups -OCH3 is 1. The van der Waals surface area contributed by atoms with Gasteiger partial charge in [0.25, 0.3) is 5.91 Å². The van der Waals surface area contributed by atoms with Gasteiger partial charge in [0.15, 0.2) is 6.17 Å². The fourth-order valence-corrected chi connectivity index (χ4v) is 4.03. The first-order valence-electron chi connectivity index (χ1n) is 10.5. The molecule has 1 aliphatic heterocycles. The molecular weight excluding hydrogens is 445 g/mol. The van der Waals surface area contributed by atoms with Crippen LogP contribution in [0.25, 0.3) is 11.3 Å². The van der Waals surface area contributed by atoms with Crippen molar-refractivity contribution in [3.63, 3.8) is 0 Å². The largest absolute Gasteiger partial charge is 0.495 e. The molecule has 8 heteroatoms. The molecule has 1 N–H and O–H groups in total. The molecule has 1 amide bonds. The zero-order chi connectivity index (χ0) is 23.9. The van der Waals surface area contributed by atoms with E-state index in [9.17, 15) is 18.0 Å². The van der Waals surface area contributed by atoms with Crippen LogP contribution in [0, 0.1) is 0 Å². The maximum atomic E-state index is 13.6. The molecule has 0 bridgehead atoms. The molecule has 0 fully saturated rings. The Labute approximate surface area is 193 Å². The molecule has 0 spiro atoms. The van der Waals surface area contributed by atoms with Crippen LogP contribution in [0.5, 0.6) is 5.75 Å². The molecule has 1 unspecified atom stereocenters. The van der Waals surface area contributed by atoms with Crippen LogP contribution in [0.3, 0.4) is 0 Å². The number of fused-ring (bicyclic) bond motifs is 1. The molecule has 34 heavy (non-hydrogen) atoms. The first-order valence-corrected chi connectivity index (χ1v) is 10.5. The van der Waals surface area contributed by atoms with Gasteiger partial charge in [0, 0.05) is 11.3 Å². The number of benzene rings is 3. The van der Waals surface area contributed by atoms with E-state index in [0.717, 1.165) is 12.1 Å². The zero-order valence-corrected chi connectivity index (χ0v) is 18.0. The number of para-hydroxylation sites is 3. The van der Waals surface area contributed by atoms with Crippen molar-refractivity contribution in [1.29, 1.82) is 0 Å². The Bertz CT molecular complexity index is 1360. The number of ether oxygens (including phenoxy) is 1. The van der Waals surface area contributed by atoms with Crippen LogP contribution < -0.4 is 15.0 Å². The highest BCUT2D eigenvalue weighted by Crippen LogP contribution is 2.41. The standard InChI is InChI=1S/C26H19F3N2O3/c1-33-22-12-5-4-11-20(22)31-24(30-19-10-3-2-9-18(19)25(31)32)23-14-13-21(34-23)16-7-6-8-17(15-16)26(27,28)29/h2-15,24,30H,1H3. The van der Waals surface area contributed by atoms with Crippen molar-refractivity contribution in [1.82, 2.24) is 0 Å². The van der Waals surface area contributed by atoms with Crippen LogP contribution in [-0.4, -0.2) is 13.0 Å². The molecule has 5 rings (SSSR count). The minimum atomic E-state index is -4.47. The van der Waals surface area contributed by atoms with E-state index in [1.807, 2.05) is 6.07 Å². The summed E-state index contributed by atoms with van der Waals surface area (Å²) in [6, 6.07) is 22.4. The number of anilines is 2.